The molecule has 2 aliphatic heterocycles. The Morgan fingerprint density at radius 1 is 1.19 bits per heavy atom. The van der Waals surface area contributed by atoms with Crippen molar-refractivity contribution in [3.8, 4) is 0 Å². The molecule has 8 nitrogen and oxygen atoms in total. The predicted molar refractivity (Wildman–Crippen MR) is 100.0 cm³/mol. The average molecular weight is 389 g/mol. The molecule has 0 aromatic carbocycles. The zero-order valence-corrected chi connectivity index (χ0v) is 16.5. The molecule has 2 fully saturated rings. The van der Waals surface area contributed by atoms with Crippen molar-refractivity contribution in [1.82, 2.24) is 10.6 Å². The van der Waals surface area contributed by atoms with E-state index in [1.807, 2.05) is 13.8 Å². The number of hydrogen-bond donors (Lipinski definition) is 6. The Morgan fingerprint density at radius 2 is 1.89 bits per heavy atom. The summed E-state index contributed by atoms with van der Waals surface area (Å²) in [6.45, 7) is 6.56. The van der Waals surface area contributed by atoms with Crippen molar-refractivity contribution in [3.63, 3.8) is 0 Å². The van der Waals surface area contributed by atoms with E-state index in [9.17, 15) is 20.1 Å². The van der Waals surface area contributed by atoms with Crippen molar-refractivity contribution in [2.45, 2.75) is 89.1 Å². The topological polar surface area (TPSA) is 131 Å². The van der Waals surface area contributed by atoms with Gasteiger partial charge in [0.25, 0.3) is 0 Å². The Kier molecular flexibility index (Phi) is 8.45. The summed E-state index contributed by atoms with van der Waals surface area (Å²) < 4.78 is 5.81. The summed E-state index contributed by atoms with van der Waals surface area (Å²) in [6.07, 6.45) is -2.56. The molecule has 2 saturated heterocycles. The van der Waals surface area contributed by atoms with E-state index in [-0.39, 0.29) is 30.9 Å². The van der Waals surface area contributed by atoms with Gasteiger partial charge in [0, 0.05) is 6.61 Å². The van der Waals surface area contributed by atoms with Gasteiger partial charge < -0.3 is 35.8 Å². The molecule has 6 N–H and O–H groups in total. The number of hydrogen-bond acceptors (Lipinski definition) is 7. The molecule has 0 aromatic heterocycles. The number of aliphatic hydroxyl groups is 4. The second kappa shape index (κ2) is 10.1. The Labute approximate surface area is 161 Å². The third-order valence-electron chi connectivity index (χ3n) is 5.78. The summed E-state index contributed by atoms with van der Waals surface area (Å²) in [7, 11) is 0. The molecule has 2 rings (SSSR count). The maximum atomic E-state index is 12.7. The van der Waals surface area contributed by atoms with Crippen LogP contribution in [0.5, 0.6) is 0 Å². The van der Waals surface area contributed by atoms with Gasteiger partial charge in [0.05, 0.1) is 18.2 Å². The van der Waals surface area contributed by atoms with Crippen LogP contribution in [-0.2, 0) is 9.53 Å². The molecule has 0 aliphatic carbocycles. The summed E-state index contributed by atoms with van der Waals surface area (Å²) in [6, 6.07) is -0.796. The Balaban J connectivity index is 2.06. The van der Waals surface area contributed by atoms with Crippen molar-refractivity contribution < 1.29 is 30.0 Å². The smallest absolute Gasteiger partial charge is 0.237 e. The molecule has 158 valence electrons. The number of rotatable bonds is 8. The van der Waals surface area contributed by atoms with Gasteiger partial charge in [-0.05, 0) is 37.6 Å². The summed E-state index contributed by atoms with van der Waals surface area (Å²) in [5, 5.41) is 46.1. The molecular weight excluding hydrogens is 352 g/mol. The van der Waals surface area contributed by atoms with Crippen LogP contribution in [0, 0.1) is 11.8 Å². The van der Waals surface area contributed by atoms with Gasteiger partial charge in [0.2, 0.25) is 5.91 Å². The maximum Gasteiger partial charge on any atom is 0.237 e. The van der Waals surface area contributed by atoms with Crippen LogP contribution in [0.25, 0.3) is 0 Å². The molecule has 2 aliphatic rings. The Hall–Kier alpha value is -0.770. The van der Waals surface area contributed by atoms with Crippen LogP contribution in [-0.4, -0.2) is 82.1 Å². The van der Waals surface area contributed by atoms with E-state index in [0.29, 0.717) is 5.92 Å². The van der Waals surface area contributed by atoms with Crippen LogP contribution in [0.3, 0.4) is 0 Å². The number of amides is 1. The van der Waals surface area contributed by atoms with E-state index in [0.717, 1.165) is 25.8 Å². The highest BCUT2D eigenvalue weighted by Crippen LogP contribution is 2.28. The monoisotopic (exact) mass is 388 g/mol. The maximum absolute atomic E-state index is 12.7. The van der Waals surface area contributed by atoms with Crippen LogP contribution in [0.15, 0.2) is 0 Å². The molecule has 0 saturated carbocycles. The molecule has 8 unspecified atom stereocenters. The van der Waals surface area contributed by atoms with Crippen LogP contribution in [0.2, 0.25) is 0 Å². The van der Waals surface area contributed by atoms with Gasteiger partial charge in [-0.1, -0.05) is 27.2 Å². The largest absolute Gasteiger partial charge is 0.396 e. The normalized spacial score (nSPS) is 38.1. The first-order chi connectivity index (χ1) is 12.8. The quantitative estimate of drug-likeness (QED) is 0.319. The highest BCUT2D eigenvalue weighted by Gasteiger charge is 2.47. The summed E-state index contributed by atoms with van der Waals surface area (Å²) >= 11 is 0. The second-order valence-electron chi connectivity index (χ2n) is 8.25. The van der Waals surface area contributed by atoms with E-state index in [1.54, 1.807) is 0 Å². The number of carbonyl (C=O) groups is 1. The molecule has 1 amide bonds. The van der Waals surface area contributed by atoms with Crippen LogP contribution in [0.4, 0.5) is 0 Å². The zero-order valence-electron chi connectivity index (χ0n) is 16.5. The van der Waals surface area contributed by atoms with E-state index >= 15 is 0 Å². The Morgan fingerprint density at radius 3 is 2.48 bits per heavy atom. The summed E-state index contributed by atoms with van der Waals surface area (Å²) in [4.78, 5) is 12.7. The third-order valence-corrected chi connectivity index (χ3v) is 5.78. The van der Waals surface area contributed by atoms with Gasteiger partial charge >= 0.3 is 0 Å². The number of carbonyl (C=O) groups excluding carboxylic acids is 1. The lowest BCUT2D eigenvalue weighted by Gasteiger charge is -2.45. The molecule has 0 bridgehead atoms. The third kappa shape index (κ3) is 5.40. The number of aliphatic hydroxyl groups excluding tert-OH is 4. The highest BCUT2D eigenvalue weighted by molar-refractivity contribution is 5.82. The van der Waals surface area contributed by atoms with Crippen molar-refractivity contribution in [3.05, 3.63) is 0 Å². The van der Waals surface area contributed by atoms with E-state index in [4.69, 9.17) is 9.84 Å². The molecule has 0 spiro atoms. The lowest BCUT2D eigenvalue weighted by molar-refractivity contribution is -0.233. The first-order valence-electron chi connectivity index (χ1n) is 10.1. The molecule has 27 heavy (non-hydrogen) atoms. The molecular formula is C19H36N2O6. The van der Waals surface area contributed by atoms with Gasteiger partial charge in [0.1, 0.15) is 24.4 Å². The van der Waals surface area contributed by atoms with Crippen molar-refractivity contribution >= 4 is 5.91 Å². The van der Waals surface area contributed by atoms with Gasteiger partial charge in [-0.25, -0.2) is 0 Å². The van der Waals surface area contributed by atoms with Gasteiger partial charge in [0.15, 0.2) is 0 Å². The first-order valence-corrected chi connectivity index (χ1v) is 10.1. The van der Waals surface area contributed by atoms with Crippen LogP contribution < -0.4 is 10.6 Å². The summed E-state index contributed by atoms with van der Waals surface area (Å²) in [5.41, 5.74) is 0. The second-order valence-corrected chi connectivity index (χ2v) is 8.25. The molecule has 8 heteroatoms. The number of ether oxygens (including phenoxy) is 1. The zero-order chi connectivity index (χ0) is 20.1. The summed E-state index contributed by atoms with van der Waals surface area (Å²) in [5.74, 6) is 0.298. The molecule has 0 aromatic rings. The minimum Gasteiger partial charge on any atom is -0.396 e. The minimum absolute atomic E-state index is 0.0568. The SMILES string of the molecule is CCCC1CNC(C(=O)NC(C(C)C)C2OC(CCO)C(O)C(O)C2O)C1. The fraction of sp³-hybridized carbons (Fsp3) is 0.947. The fourth-order valence-electron chi connectivity index (χ4n) is 4.17. The Bertz CT molecular complexity index is 477. The van der Waals surface area contributed by atoms with Gasteiger partial charge in [-0.2, -0.15) is 0 Å². The fourth-order valence-corrected chi connectivity index (χ4v) is 4.17. The standard InChI is InChI=1S/C19H36N2O6/c1-4-5-11-8-12(20-9-11)19(26)21-14(10(2)3)18-17(25)16(24)15(23)13(27-18)6-7-22/h10-18,20,22-25H,4-9H2,1-3H3,(H,21,26). The molecule has 2 heterocycles. The van der Waals surface area contributed by atoms with Crippen molar-refractivity contribution in [1.29, 1.82) is 0 Å². The lowest BCUT2D eigenvalue weighted by atomic mass is 9.86. The van der Waals surface area contributed by atoms with E-state index in [2.05, 4.69) is 17.6 Å². The lowest BCUT2D eigenvalue weighted by Crippen LogP contribution is -2.65. The van der Waals surface area contributed by atoms with Crippen LogP contribution in [0.1, 0.15) is 46.5 Å². The van der Waals surface area contributed by atoms with E-state index in [1.165, 1.54) is 0 Å². The van der Waals surface area contributed by atoms with Crippen molar-refractivity contribution in [2.75, 3.05) is 13.2 Å². The molecule has 0 radical (unpaired) electrons. The van der Waals surface area contributed by atoms with Crippen LogP contribution >= 0.6 is 0 Å². The highest BCUT2D eigenvalue weighted by atomic mass is 16.5. The number of nitrogens with one attached hydrogen (secondary N) is 2. The van der Waals surface area contributed by atoms with Gasteiger partial charge in [-0.3, -0.25) is 4.79 Å². The average Bonchev–Trinajstić information content (AvgIpc) is 3.09. The van der Waals surface area contributed by atoms with Gasteiger partial charge in [-0.15, -0.1) is 0 Å². The first kappa shape index (κ1) is 22.5. The predicted octanol–water partition coefficient (Wildman–Crippen LogP) is -0.862. The molecule has 8 atom stereocenters. The minimum atomic E-state index is -1.39. The van der Waals surface area contributed by atoms with Crippen molar-refractivity contribution in [2.24, 2.45) is 11.8 Å². The van der Waals surface area contributed by atoms with E-state index < -0.39 is 36.6 Å².